The molecule has 0 aromatic heterocycles. The van der Waals surface area contributed by atoms with Gasteiger partial charge in [0, 0.05) is 19.8 Å². The van der Waals surface area contributed by atoms with Crippen LogP contribution in [0.15, 0.2) is 18.2 Å². The van der Waals surface area contributed by atoms with Crippen molar-refractivity contribution in [1.29, 1.82) is 0 Å². The van der Waals surface area contributed by atoms with Crippen LogP contribution in [0.2, 0.25) is 0 Å². The van der Waals surface area contributed by atoms with Gasteiger partial charge in [0.1, 0.15) is 5.82 Å². The standard InChI is InChI=1S/C15H24FNO/c1-12(2)11-18-8-4-7-17-10-14-5-6-15(16)13(3)9-14/h5-6,9,12,17H,4,7-8,10-11H2,1-3H3. The van der Waals surface area contributed by atoms with Crippen LogP contribution in [-0.2, 0) is 11.3 Å². The molecule has 1 aromatic rings. The maximum atomic E-state index is 13.1. The summed E-state index contributed by atoms with van der Waals surface area (Å²) < 4.78 is 18.5. The number of halogens is 1. The van der Waals surface area contributed by atoms with E-state index in [4.69, 9.17) is 4.74 Å². The van der Waals surface area contributed by atoms with Crippen LogP contribution in [0.1, 0.15) is 31.4 Å². The Morgan fingerprint density at radius 3 is 2.78 bits per heavy atom. The minimum atomic E-state index is -0.138. The zero-order valence-corrected chi connectivity index (χ0v) is 11.6. The molecule has 1 N–H and O–H groups in total. The molecule has 1 rings (SSSR count). The zero-order valence-electron chi connectivity index (χ0n) is 11.6. The van der Waals surface area contributed by atoms with E-state index in [0.717, 1.165) is 38.3 Å². The average molecular weight is 253 g/mol. The molecule has 0 saturated heterocycles. The smallest absolute Gasteiger partial charge is 0.126 e. The first-order valence-corrected chi connectivity index (χ1v) is 6.63. The summed E-state index contributed by atoms with van der Waals surface area (Å²) in [4.78, 5) is 0. The molecule has 0 amide bonds. The number of nitrogens with one attached hydrogen (secondary N) is 1. The third-order valence-corrected chi connectivity index (χ3v) is 2.64. The molecule has 0 fully saturated rings. The predicted octanol–water partition coefficient (Wildman–Crippen LogP) is 3.29. The SMILES string of the molecule is Cc1cc(CNCCCOCC(C)C)ccc1F. The van der Waals surface area contributed by atoms with Gasteiger partial charge >= 0.3 is 0 Å². The molecule has 3 heteroatoms. The Hall–Kier alpha value is -0.930. The van der Waals surface area contributed by atoms with E-state index in [-0.39, 0.29) is 5.82 Å². The normalized spacial score (nSPS) is 11.2. The Balaban J connectivity index is 2.09. The Morgan fingerprint density at radius 1 is 1.33 bits per heavy atom. The molecule has 102 valence electrons. The maximum absolute atomic E-state index is 13.1. The predicted molar refractivity (Wildman–Crippen MR) is 73.1 cm³/mol. The molecule has 0 aliphatic carbocycles. The molecule has 0 heterocycles. The van der Waals surface area contributed by atoms with Gasteiger partial charge in [-0.2, -0.15) is 0 Å². The van der Waals surface area contributed by atoms with E-state index < -0.39 is 0 Å². The number of hydrogen-bond donors (Lipinski definition) is 1. The van der Waals surface area contributed by atoms with Gasteiger partial charge in [-0.1, -0.05) is 26.0 Å². The van der Waals surface area contributed by atoms with E-state index >= 15 is 0 Å². The molecule has 0 aliphatic heterocycles. The van der Waals surface area contributed by atoms with E-state index in [1.54, 1.807) is 6.92 Å². The van der Waals surface area contributed by atoms with Crippen LogP contribution < -0.4 is 5.32 Å². The summed E-state index contributed by atoms with van der Waals surface area (Å²) in [5.41, 5.74) is 1.83. The first kappa shape index (κ1) is 15.1. The molecule has 0 unspecified atom stereocenters. The van der Waals surface area contributed by atoms with E-state index in [0.29, 0.717) is 11.5 Å². The lowest BCUT2D eigenvalue weighted by Crippen LogP contribution is -2.17. The van der Waals surface area contributed by atoms with Crippen molar-refractivity contribution in [3.05, 3.63) is 35.1 Å². The summed E-state index contributed by atoms with van der Waals surface area (Å²) in [5.74, 6) is 0.459. The quantitative estimate of drug-likeness (QED) is 0.718. The third kappa shape index (κ3) is 6.12. The maximum Gasteiger partial charge on any atom is 0.126 e. The summed E-state index contributed by atoms with van der Waals surface area (Å²) in [6.07, 6.45) is 1.01. The Morgan fingerprint density at radius 2 is 2.11 bits per heavy atom. The molecule has 0 atom stereocenters. The fourth-order valence-corrected chi connectivity index (χ4v) is 1.67. The minimum absolute atomic E-state index is 0.138. The first-order chi connectivity index (χ1) is 8.59. The minimum Gasteiger partial charge on any atom is -0.381 e. The van der Waals surface area contributed by atoms with Gasteiger partial charge in [0.2, 0.25) is 0 Å². The van der Waals surface area contributed by atoms with Crippen molar-refractivity contribution < 1.29 is 9.13 Å². The van der Waals surface area contributed by atoms with Crippen LogP contribution in [-0.4, -0.2) is 19.8 Å². The van der Waals surface area contributed by atoms with Crippen molar-refractivity contribution in [3.8, 4) is 0 Å². The highest BCUT2D eigenvalue weighted by Gasteiger charge is 1.99. The van der Waals surface area contributed by atoms with Gasteiger partial charge in [0.05, 0.1) is 0 Å². The first-order valence-electron chi connectivity index (χ1n) is 6.63. The number of rotatable bonds is 8. The second-order valence-electron chi connectivity index (χ2n) is 5.08. The summed E-state index contributed by atoms with van der Waals surface area (Å²) in [5, 5.41) is 3.33. The summed E-state index contributed by atoms with van der Waals surface area (Å²) in [6, 6.07) is 5.24. The van der Waals surface area contributed by atoms with Crippen LogP contribution in [0.3, 0.4) is 0 Å². The number of benzene rings is 1. The molecule has 2 nitrogen and oxygen atoms in total. The van der Waals surface area contributed by atoms with Crippen molar-refractivity contribution >= 4 is 0 Å². The van der Waals surface area contributed by atoms with Crippen molar-refractivity contribution in [2.75, 3.05) is 19.8 Å². The van der Waals surface area contributed by atoms with Gasteiger partial charge in [-0.25, -0.2) is 4.39 Å². The monoisotopic (exact) mass is 253 g/mol. The van der Waals surface area contributed by atoms with Crippen molar-refractivity contribution in [2.24, 2.45) is 5.92 Å². The summed E-state index contributed by atoms with van der Waals surface area (Å²) in [7, 11) is 0. The molecule has 0 spiro atoms. The highest BCUT2D eigenvalue weighted by molar-refractivity contribution is 5.23. The lowest BCUT2D eigenvalue weighted by Gasteiger charge is -2.08. The molecule has 0 aliphatic rings. The van der Waals surface area contributed by atoms with Crippen molar-refractivity contribution in [2.45, 2.75) is 33.7 Å². The zero-order chi connectivity index (χ0) is 13.4. The number of hydrogen-bond acceptors (Lipinski definition) is 2. The topological polar surface area (TPSA) is 21.3 Å². The number of aryl methyl sites for hydroxylation is 1. The van der Waals surface area contributed by atoms with E-state index in [1.165, 1.54) is 6.07 Å². The van der Waals surface area contributed by atoms with E-state index in [2.05, 4.69) is 19.2 Å². The molecule has 0 bridgehead atoms. The van der Waals surface area contributed by atoms with Gasteiger partial charge in [-0.3, -0.25) is 0 Å². The van der Waals surface area contributed by atoms with Crippen molar-refractivity contribution in [3.63, 3.8) is 0 Å². The molecule has 0 saturated carbocycles. The van der Waals surface area contributed by atoms with Crippen LogP contribution in [0.25, 0.3) is 0 Å². The van der Waals surface area contributed by atoms with Crippen LogP contribution in [0.4, 0.5) is 4.39 Å². The summed E-state index contributed by atoms with van der Waals surface area (Å²) in [6.45, 7) is 9.42. The second kappa shape index (κ2) is 8.22. The van der Waals surface area contributed by atoms with Crippen LogP contribution in [0.5, 0.6) is 0 Å². The molecular formula is C15H24FNO. The van der Waals surface area contributed by atoms with Crippen LogP contribution >= 0.6 is 0 Å². The third-order valence-electron chi connectivity index (χ3n) is 2.64. The second-order valence-corrected chi connectivity index (χ2v) is 5.08. The Bertz CT molecular complexity index is 352. The molecule has 0 radical (unpaired) electrons. The fraction of sp³-hybridized carbons (Fsp3) is 0.600. The Labute approximate surface area is 110 Å². The van der Waals surface area contributed by atoms with E-state index in [9.17, 15) is 4.39 Å². The average Bonchev–Trinajstić information content (AvgIpc) is 2.32. The van der Waals surface area contributed by atoms with Gasteiger partial charge < -0.3 is 10.1 Å². The molecular weight excluding hydrogens is 229 g/mol. The fourth-order valence-electron chi connectivity index (χ4n) is 1.67. The lowest BCUT2D eigenvalue weighted by atomic mass is 10.1. The van der Waals surface area contributed by atoms with Crippen LogP contribution in [0, 0.1) is 18.7 Å². The van der Waals surface area contributed by atoms with E-state index in [1.807, 2.05) is 12.1 Å². The van der Waals surface area contributed by atoms with Gasteiger partial charge in [0.15, 0.2) is 0 Å². The highest BCUT2D eigenvalue weighted by atomic mass is 19.1. The molecule has 18 heavy (non-hydrogen) atoms. The van der Waals surface area contributed by atoms with Gasteiger partial charge in [0.25, 0.3) is 0 Å². The Kier molecular flexibility index (Phi) is 6.91. The number of ether oxygens (including phenoxy) is 1. The van der Waals surface area contributed by atoms with Gasteiger partial charge in [-0.15, -0.1) is 0 Å². The van der Waals surface area contributed by atoms with Gasteiger partial charge in [-0.05, 0) is 43.0 Å². The van der Waals surface area contributed by atoms with Crippen molar-refractivity contribution in [1.82, 2.24) is 5.32 Å². The largest absolute Gasteiger partial charge is 0.381 e. The highest BCUT2D eigenvalue weighted by Crippen LogP contribution is 2.08. The lowest BCUT2D eigenvalue weighted by molar-refractivity contribution is 0.108. The summed E-state index contributed by atoms with van der Waals surface area (Å²) >= 11 is 0. The molecule has 1 aromatic carbocycles.